The average Bonchev–Trinajstić information content (AvgIpc) is 2.72. The second-order valence-corrected chi connectivity index (χ2v) is 7.92. The van der Waals surface area contributed by atoms with Crippen molar-refractivity contribution in [3.8, 4) is 0 Å². The third-order valence-electron chi connectivity index (χ3n) is 3.90. The highest BCUT2D eigenvalue weighted by molar-refractivity contribution is 5.91. The molecule has 2 rings (SSSR count). The number of nitrogens with one attached hydrogen (secondary N) is 3. The molecule has 0 saturated carbocycles. The van der Waals surface area contributed by atoms with Gasteiger partial charge in [-0.3, -0.25) is 4.79 Å². The summed E-state index contributed by atoms with van der Waals surface area (Å²) in [6, 6.07) is 15.4. The van der Waals surface area contributed by atoms with E-state index in [1.807, 2.05) is 83.3 Å². The van der Waals surface area contributed by atoms with Crippen LogP contribution >= 0.6 is 0 Å². The van der Waals surface area contributed by atoms with Gasteiger partial charge in [0.2, 0.25) is 5.91 Å². The van der Waals surface area contributed by atoms with Crippen LogP contribution in [0.1, 0.15) is 44.7 Å². The zero-order chi connectivity index (χ0) is 23.3. The predicted octanol–water partition coefficient (Wildman–Crippen LogP) is 4.67. The van der Waals surface area contributed by atoms with Crippen LogP contribution in [0.25, 0.3) is 0 Å². The molecule has 0 saturated heterocycles. The number of carbonyl (C=O) groups is 3. The largest absolute Gasteiger partial charge is 0.444 e. The molecule has 31 heavy (non-hydrogen) atoms. The molecule has 0 unspecified atom stereocenters. The van der Waals surface area contributed by atoms with E-state index in [-0.39, 0.29) is 18.7 Å². The fraction of sp³-hybridized carbons (Fsp3) is 0.375. The summed E-state index contributed by atoms with van der Waals surface area (Å²) in [7, 11) is 1.87. The molecule has 0 spiro atoms. The van der Waals surface area contributed by atoms with Gasteiger partial charge in [-0.2, -0.15) is 0 Å². The molecule has 0 aliphatic rings. The fourth-order valence-corrected chi connectivity index (χ4v) is 2.33. The molecule has 168 valence electrons. The summed E-state index contributed by atoms with van der Waals surface area (Å²) < 4.78 is 5.14. The molecule has 0 aromatic heterocycles. The van der Waals surface area contributed by atoms with Crippen LogP contribution in [-0.2, 0) is 20.9 Å². The molecule has 7 heteroatoms. The van der Waals surface area contributed by atoms with Gasteiger partial charge in [-0.15, -0.1) is 0 Å². The van der Waals surface area contributed by atoms with Crippen LogP contribution in [0.15, 0.2) is 48.5 Å². The molecule has 7 nitrogen and oxygen atoms in total. The monoisotopic (exact) mass is 427 g/mol. The van der Waals surface area contributed by atoms with Gasteiger partial charge in [-0.05, 0) is 57.5 Å². The van der Waals surface area contributed by atoms with E-state index in [4.69, 9.17) is 4.74 Å². The van der Waals surface area contributed by atoms with Gasteiger partial charge in [0.25, 0.3) is 0 Å². The lowest BCUT2D eigenvalue weighted by Crippen LogP contribution is -2.32. The Morgan fingerprint density at radius 1 is 0.968 bits per heavy atom. The van der Waals surface area contributed by atoms with Gasteiger partial charge < -0.3 is 25.5 Å². The minimum absolute atomic E-state index is 0.124. The molecule has 0 atom stereocenters. The highest BCUT2D eigenvalue weighted by atomic mass is 16.6. The molecular formula is C24H33N3O4. The zero-order valence-corrected chi connectivity index (χ0v) is 19.0. The third kappa shape index (κ3) is 12.1. The second kappa shape index (κ2) is 13.1. The van der Waals surface area contributed by atoms with Gasteiger partial charge >= 0.3 is 6.09 Å². The summed E-state index contributed by atoms with van der Waals surface area (Å²) in [5.74, 6) is -0.124. The van der Waals surface area contributed by atoms with Crippen molar-refractivity contribution in [3.63, 3.8) is 0 Å². The van der Waals surface area contributed by atoms with E-state index in [1.165, 1.54) is 0 Å². The maximum atomic E-state index is 11.4. The van der Waals surface area contributed by atoms with E-state index in [0.717, 1.165) is 28.8 Å². The Labute approximate surface area is 184 Å². The summed E-state index contributed by atoms with van der Waals surface area (Å²) in [5.41, 5.74) is 3.54. The van der Waals surface area contributed by atoms with Crippen LogP contribution < -0.4 is 16.0 Å². The number of rotatable bonds is 7. The molecule has 0 aliphatic heterocycles. The van der Waals surface area contributed by atoms with Crippen molar-refractivity contribution < 1.29 is 19.1 Å². The normalized spacial score (nSPS) is 10.2. The number of alkyl carbamates (subject to hydrolysis) is 1. The van der Waals surface area contributed by atoms with Crippen molar-refractivity contribution in [2.24, 2.45) is 0 Å². The van der Waals surface area contributed by atoms with Crippen LogP contribution in [0.2, 0.25) is 0 Å². The van der Waals surface area contributed by atoms with Crippen molar-refractivity contribution in [3.05, 3.63) is 59.7 Å². The Hall–Kier alpha value is -3.35. The van der Waals surface area contributed by atoms with Crippen molar-refractivity contribution >= 4 is 29.7 Å². The number of aldehydes is 1. The first-order valence-corrected chi connectivity index (χ1v) is 10.2. The van der Waals surface area contributed by atoms with E-state index >= 15 is 0 Å². The van der Waals surface area contributed by atoms with Crippen LogP contribution in [0.5, 0.6) is 0 Å². The standard InChI is InChI=1S/C13H20N2O2.C11H13NO2/c1-13(2,3)17-12(16)15-9-10-5-7-11(14-4)8-6-10;1-9-4-6-10(7-5-9)12-11(14)3-2-8-13/h5-8,14H,9H2,1-4H3,(H,15,16);4-8H,2-3H2,1H3,(H,12,14). The third-order valence-corrected chi connectivity index (χ3v) is 3.90. The quantitative estimate of drug-likeness (QED) is 0.558. The SMILES string of the molecule is CNc1ccc(CNC(=O)OC(C)(C)C)cc1.Cc1ccc(NC(=O)CCC=O)cc1. The lowest BCUT2D eigenvalue weighted by atomic mass is 10.2. The predicted molar refractivity (Wildman–Crippen MR) is 124 cm³/mol. The van der Waals surface area contributed by atoms with Gasteiger partial charge in [-0.25, -0.2) is 4.79 Å². The summed E-state index contributed by atoms with van der Waals surface area (Å²) in [6.07, 6.45) is 0.874. The fourth-order valence-electron chi connectivity index (χ4n) is 2.33. The molecule has 2 aromatic rings. The molecule has 2 amide bonds. The van der Waals surface area contributed by atoms with E-state index in [1.54, 1.807) is 0 Å². The number of amides is 2. The van der Waals surface area contributed by atoms with E-state index < -0.39 is 11.7 Å². The number of benzene rings is 2. The van der Waals surface area contributed by atoms with Crippen molar-refractivity contribution in [2.75, 3.05) is 17.7 Å². The second-order valence-electron chi connectivity index (χ2n) is 7.92. The van der Waals surface area contributed by atoms with Gasteiger partial charge in [0.05, 0.1) is 0 Å². The number of anilines is 2. The van der Waals surface area contributed by atoms with Crippen molar-refractivity contribution in [1.82, 2.24) is 5.32 Å². The Bertz CT molecular complexity index is 825. The summed E-state index contributed by atoms with van der Waals surface area (Å²) >= 11 is 0. The lowest BCUT2D eigenvalue weighted by molar-refractivity contribution is -0.118. The number of aryl methyl sites for hydroxylation is 1. The lowest BCUT2D eigenvalue weighted by Gasteiger charge is -2.19. The van der Waals surface area contributed by atoms with E-state index in [0.29, 0.717) is 6.54 Å². The van der Waals surface area contributed by atoms with Gasteiger partial charge in [0.15, 0.2) is 0 Å². The van der Waals surface area contributed by atoms with Gasteiger partial charge in [-0.1, -0.05) is 29.8 Å². The Morgan fingerprint density at radius 3 is 2.06 bits per heavy atom. The smallest absolute Gasteiger partial charge is 0.407 e. The highest BCUT2D eigenvalue weighted by Gasteiger charge is 2.15. The molecule has 0 fully saturated rings. The van der Waals surface area contributed by atoms with E-state index in [9.17, 15) is 14.4 Å². The van der Waals surface area contributed by atoms with Gasteiger partial charge in [0, 0.05) is 37.8 Å². The minimum Gasteiger partial charge on any atom is -0.444 e. The molecular weight excluding hydrogens is 394 g/mol. The first kappa shape index (κ1) is 25.7. The maximum Gasteiger partial charge on any atom is 0.407 e. The molecule has 0 aliphatic carbocycles. The molecule has 0 heterocycles. The first-order valence-electron chi connectivity index (χ1n) is 10.2. The molecule has 0 radical (unpaired) electrons. The minimum atomic E-state index is -0.458. The van der Waals surface area contributed by atoms with Gasteiger partial charge in [0.1, 0.15) is 11.9 Å². The zero-order valence-electron chi connectivity index (χ0n) is 19.0. The molecule has 3 N–H and O–H groups in total. The van der Waals surface area contributed by atoms with Crippen molar-refractivity contribution in [2.45, 2.75) is 52.7 Å². The number of hydrogen-bond acceptors (Lipinski definition) is 5. The number of hydrogen-bond donors (Lipinski definition) is 3. The van der Waals surface area contributed by atoms with Crippen LogP contribution in [0, 0.1) is 6.92 Å². The van der Waals surface area contributed by atoms with Crippen LogP contribution in [0.4, 0.5) is 16.2 Å². The van der Waals surface area contributed by atoms with E-state index in [2.05, 4.69) is 16.0 Å². The number of carbonyl (C=O) groups excluding carboxylic acids is 3. The maximum absolute atomic E-state index is 11.4. The van der Waals surface area contributed by atoms with Crippen LogP contribution in [-0.4, -0.2) is 30.9 Å². The summed E-state index contributed by atoms with van der Waals surface area (Å²) in [4.78, 5) is 32.6. The molecule has 2 aromatic carbocycles. The number of ether oxygens (including phenoxy) is 1. The Morgan fingerprint density at radius 2 is 1.55 bits per heavy atom. The highest BCUT2D eigenvalue weighted by Crippen LogP contribution is 2.10. The average molecular weight is 428 g/mol. The Kier molecular flexibility index (Phi) is 10.8. The summed E-state index contributed by atoms with van der Waals surface area (Å²) in [5, 5.41) is 8.46. The topological polar surface area (TPSA) is 96.5 Å². The van der Waals surface area contributed by atoms with Crippen LogP contribution in [0.3, 0.4) is 0 Å². The summed E-state index contributed by atoms with van der Waals surface area (Å²) in [6.45, 7) is 7.98. The van der Waals surface area contributed by atoms with Crippen molar-refractivity contribution in [1.29, 1.82) is 0 Å². The molecule has 0 bridgehead atoms. The first-order chi connectivity index (χ1) is 14.6. The Balaban J connectivity index is 0.000000316.